The zero-order valence-electron chi connectivity index (χ0n) is 19.4. The van der Waals surface area contributed by atoms with Crippen LogP contribution in [0.3, 0.4) is 0 Å². The van der Waals surface area contributed by atoms with Gasteiger partial charge in [-0.25, -0.2) is 9.59 Å². The van der Waals surface area contributed by atoms with Gasteiger partial charge in [0.1, 0.15) is 12.1 Å². The quantitative estimate of drug-likeness (QED) is 0.549. The smallest absolute Gasteiger partial charge is 0.407 e. The number of hydrogen-bond acceptors (Lipinski definition) is 5. The summed E-state index contributed by atoms with van der Waals surface area (Å²) in [5.74, 6) is -1.71. The van der Waals surface area contributed by atoms with Gasteiger partial charge in [-0.05, 0) is 41.5 Å². The van der Waals surface area contributed by atoms with Crippen LogP contribution in [0, 0.1) is 0 Å². The monoisotopic (exact) mass is 466 g/mol. The zero-order valence-corrected chi connectivity index (χ0v) is 19.4. The van der Waals surface area contributed by atoms with Crippen LogP contribution in [-0.4, -0.2) is 54.0 Å². The third-order valence-corrected chi connectivity index (χ3v) is 6.98. The second-order valence-electron chi connectivity index (χ2n) is 8.74. The highest BCUT2D eigenvalue weighted by molar-refractivity contribution is 5.90. The Labute approximate surface area is 198 Å². The summed E-state index contributed by atoms with van der Waals surface area (Å²) >= 11 is 0. The summed E-state index contributed by atoms with van der Waals surface area (Å²) in [5.41, 5.74) is 3.14. The van der Waals surface area contributed by atoms with Gasteiger partial charge in [-0.15, -0.1) is 0 Å². The van der Waals surface area contributed by atoms with Gasteiger partial charge in [0, 0.05) is 12.5 Å². The molecule has 1 fully saturated rings. The molecule has 8 nitrogen and oxygen atoms in total. The van der Waals surface area contributed by atoms with Gasteiger partial charge in [0.25, 0.3) is 5.91 Å². The molecule has 8 heteroatoms. The van der Waals surface area contributed by atoms with E-state index in [0.29, 0.717) is 6.42 Å². The molecule has 2 atom stereocenters. The van der Waals surface area contributed by atoms with Crippen molar-refractivity contribution in [2.24, 2.45) is 0 Å². The molecule has 0 saturated carbocycles. The molecule has 2 aromatic rings. The van der Waals surface area contributed by atoms with Gasteiger partial charge in [0.15, 0.2) is 6.10 Å². The number of amides is 2. The number of fused-ring (bicyclic) bond motifs is 3. The first-order valence-corrected chi connectivity index (χ1v) is 11.7. The summed E-state index contributed by atoms with van der Waals surface area (Å²) < 4.78 is 11.1. The first kappa shape index (κ1) is 23.8. The molecule has 34 heavy (non-hydrogen) atoms. The molecule has 0 bridgehead atoms. The van der Waals surface area contributed by atoms with E-state index in [0.717, 1.165) is 22.3 Å². The number of carboxylic acid groups (broad SMARTS) is 1. The molecule has 3 N–H and O–H groups in total. The Morgan fingerprint density at radius 1 is 1.03 bits per heavy atom. The first-order chi connectivity index (χ1) is 16.4. The van der Waals surface area contributed by atoms with Crippen molar-refractivity contribution in [1.29, 1.82) is 0 Å². The van der Waals surface area contributed by atoms with Gasteiger partial charge >= 0.3 is 12.1 Å². The number of carbonyl (C=O) groups excluding carboxylic acids is 2. The maximum absolute atomic E-state index is 12.8. The summed E-state index contributed by atoms with van der Waals surface area (Å²) in [6.45, 7) is 3.86. The zero-order chi connectivity index (χ0) is 24.3. The highest BCUT2D eigenvalue weighted by Gasteiger charge is 2.42. The summed E-state index contributed by atoms with van der Waals surface area (Å²) in [6.07, 6.45) is -0.701. The highest BCUT2D eigenvalue weighted by Crippen LogP contribution is 2.44. The second kappa shape index (κ2) is 9.85. The number of benzene rings is 2. The molecule has 0 unspecified atom stereocenters. The average Bonchev–Trinajstić information content (AvgIpc) is 3.43. The minimum atomic E-state index is -1.36. The van der Waals surface area contributed by atoms with Crippen LogP contribution in [0.2, 0.25) is 0 Å². The number of nitrogens with one attached hydrogen (secondary N) is 2. The lowest BCUT2D eigenvalue weighted by Crippen LogP contribution is -2.58. The van der Waals surface area contributed by atoms with E-state index in [4.69, 9.17) is 9.47 Å². The van der Waals surface area contributed by atoms with E-state index in [2.05, 4.69) is 22.8 Å². The lowest BCUT2D eigenvalue weighted by atomic mass is 9.92. The van der Waals surface area contributed by atoms with Crippen LogP contribution in [0.25, 0.3) is 11.1 Å². The van der Waals surface area contributed by atoms with E-state index < -0.39 is 35.7 Å². The summed E-state index contributed by atoms with van der Waals surface area (Å²) in [5, 5.41) is 15.0. The van der Waals surface area contributed by atoms with Crippen molar-refractivity contribution in [3.8, 4) is 11.1 Å². The van der Waals surface area contributed by atoms with Gasteiger partial charge in [0.05, 0.1) is 6.04 Å². The van der Waals surface area contributed by atoms with Gasteiger partial charge in [-0.1, -0.05) is 62.4 Å². The molecule has 180 valence electrons. The van der Waals surface area contributed by atoms with Crippen molar-refractivity contribution < 1.29 is 29.0 Å². The third-order valence-electron chi connectivity index (χ3n) is 6.98. The van der Waals surface area contributed by atoms with Gasteiger partial charge in [-0.3, -0.25) is 4.79 Å². The van der Waals surface area contributed by atoms with Crippen LogP contribution in [0.15, 0.2) is 48.5 Å². The normalized spacial score (nSPS) is 19.2. The molecular formula is C26H30N2O6. The number of ether oxygens (including phenoxy) is 2. The lowest BCUT2D eigenvalue weighted by Gasteiger charge is -2.30. The topological polar surface area (TPSA) is 114 Å². The predicted octanol–water partition coefficient (Wildman–Crippen LogP) is 3.44. The number of aliphatic carboxylic acids is 1. The van der Waals surface area contributed by atoms with Crippen molar-refractivity contribution in [3.05, 3.63) is 59.7 Å². The molecule has 0 aromatic heterocycles. The molecule has 0 spiro atoms. The van der Waals surface area contributed by atoms with Crippen molar-refractivity contribution in [1.82, 2.24) is 10.6 Å². The Morgan fingerprint density at radius 3 is 2.18 bits per heavy atom. The van der Waals surface area contributed by atoms with E-state index in [-0.39, 0.29) is 32.0 Å². The Balaban J connectivity index is 1.39. The van der Waals surface area contributed by atoms with Crippen LogP contribution >= 0.6 is 0 Å². The molecule has 1 aliphatic carbocycles. The molecule has 0 radical (unpaired) electrons. The standard InChI is InChI=1S/C26H30N2O6/c1-3-26(4-2,24(30)31)28-23(29)22-21(13-14-33-22)27-25(32)34-15-20-18-11-7-5-9-16(18)17-10-6-8-12-19(17)20/h5-12,20-22H,3-4,13-15H2,1-2H3,(H,27,32)(H,28,29)(H,30,31)/t21-,22+/m1/s1. The summed E-state index contributed by atoms with van der Waals surface area (Å²) in [6, 6.07) is 15.6. The predicted molar refractivity (Wildman–Crippen MR) is 125 cm³/mol. The number of carboxylic acids is 1. The number of hydrogen-bond donors (Lipinski definition) is 3. The Bertz CT molecular complexity index is 1030. The molecule has 2 aromatic carbocycles. The Morgan fingerprint density at radius 2 is 1.62 bits per heavy atom. The average molecular weight is 467 g/mol. The summed E-state index contributed by atoms with van der Waals surface area (Å²) in [4.78, 5) is 37.2. The van der Waals surface area contributed by atoms with Crippen LogP contribution in [0.5, 0.6) is 0 Å². The van der Waals surface area contributed by atoms with E-state index in [1.165, 1.54) is 0 Å². The van der Waals surface area contributed by atoms with Crippen molar-refractivity contribution in [2.45, 2.75) is 56.7 Å². The SMILES string of the molecule is CCC(CC)(NC(=O)[C@H]1OCC[C@H]1NC(=O)OCC1c2ccccc2-c2ccccc21)C(=O)O. The minimum absolute atomic E-state index is 0.0673. The third kappa shape index (κ3) is 4.37. The molecule has 1 saturated heterocycles. The summed E-state index contributed by atoms with van der Waals surface area (Å²) in [7, 11) is 0. The lowest BCUT2D eigenvalue weighted by molar-refractivity contribution is -0.150. The van der Waals surface area contributed by atoms with Crippen molar-refractivity contribution in [2.75, 3.05) is 13.2 Å². The Kier molecular flexibility index (Phi) is 6.88. The largest absolute Gasteiger partial charge is 0.480 e. The maximum atomic E-state index is 12.8. The number of alkyl carbamates (subject to hydrolysis) is 1. The van der Waals surface area contributed by atoms with Crippen LogP contribution in [-0.2, 0) is 19.1 Å². The number of carbonyl (C=O) groups is 3. The molecule has 1 aliphatic heterocycles. The van der Waals surface area contributed by atoms with E-state index in [1.54, 1.807) is 13.8 Å². The molecule has 4 rings (SSSR count). The molecule has 2 amide bonds. The minimum Gasteiger partial charge on any atom is -0.480 e. The van der Waals surface area contributed by atoms with Gasteiger partial charge < -0.3 is 25.2 Å². The van der Waals surface area contributed by atoms with Crippen molar-refractivity contribution >= 4 is 18.0 Å². The molecule has 2 aliphatic rings. The van der Waals surface area contributed by atoms with Gasteiger partial charge in [0.2, 0.25) is 0 Å². The first-order valence-electron chi connectivity index (χ1n) is 11.7. The Hall–Kier alpha value is -3.39. The van der Waals surface area contributed by atoms with E-state index >= 15 is 0 Å². The molecular weight excluding hydrogens is 436 g/mol. The fraction of sp³-hybridized carbons (Fsp3) is 0.423. The van der Waals surface area contributed by atoms with Crippen LogP contribution in [0.1, 0.15) is 50.2 Å². The maximum Gasteiger partial charge on any atom is 0.407 e. The van der Waals surface area contributed by atoms with Crippen LogP contribution < -0.4 is 10.6 Å². The van der Waals surface area contributed by atoms with Crippen LogP contribution in [0.4, 0.5) is 4.79 Å². The molecule has 1 heterocycles. The fourth-order valence-electron chi connectivity index (χ4n) is 4.88. The van der Waals surface area contributed by atoms with Crippen molar-refractivity contribution in [3.63, 3.8) is 0 Å². The fourth-order valence-corrected chi connectivity index (χ4v) is 4.88. The van der Waals surface area contributed by atoms with E-state index in [1.807, 2.05) is 36.4 Å². The van der Waals surface area contributed by atoms with Gasteiger partial charge in [-0.2, -0.15) is 0 Å². The highest BCUT2D eigenvalue weighted by atomic mass is 16.6. The van der Waals surface area contributed by atoms with E-state index in [9.17, 15) is 19.5 Å². The second-order valence-corrected chi connectivity index (χ2v) is 8.74. The number of rotatable bonds is 8.